The summed E-state index contributed by atoms with van der Waals surface area (Å²) in [5.74, 6) is 2.34. The number of nitrogens with one attached hydrogen (secondary N) is 1. The predicted octanol–water partition coefficient (Wildman–Crippen LogP) is 3.97. The predicted molar refractivity (Wildman–Crippen MR) is 97.0 cm³/mol. The van der Waals surface area contributed by atoms with E-state index in [-0.39, 0.29) is 0 Å². The number of rotatable bonds is 5. The van der Waals surface area contributed by atoms with Crippen molar-refractivity contribution in [3.63, 3.8) is 0 Å². The first-order valence-corrected chi connectivity index (χ1v) is 8.28. The summed E-state index contributed by atoms with van der Waals surface area (Å²) in [5.41, 5.74) is 2.34. The van der Waals surface area contributed by atoms with Gasteiger partial charge in [0.25, 0.3) is 0 Å². The zero-order chi connectivity index (χ0) is 17.2. The van der Waals surface area contributed by atoms with Crippen LogP contribution in [0, 0.1) is 0 Å². The second-order valence-electron chi connectivity index (χ2n) is 5.57. The van der Waals surface area contributed by atoms with E-state index >= 15 is 0 Å². The third-order valence-corrected chi connectivity index (χ3v) is 3.94. The van der Waals surface area contributed by atoms with Gasteiger partial charge in [-0.2, -0.15) is 0 Å². The summed E-state index contributed by atoms with van der Waals surface area (Å²) >= 11 is 0. The molecule has 0 bridgehead atoms. The molecule has 126 valence electrons. The largest absolute Gasteiger partial charge is 0.494 e. The molecular weight excluding hydrogens is 316 g/mol. The summed E-state index contributed by atoms with van der Waals surface area (Å²) in [5, 5.41) is 2.16. The van der Waals surface area contributed by atoms with Gasteiger partial charge in [-0.3, -0.25) is 0 Å². The number of hydrogen-bond donors (Lipinski definition) is 1. The Morgan fingerprint density at radius 1 is 1.00 bits per heavy atom. The number of imidazole rings is 1. The molecule has 0 aliphatic carbocycles. The minimum Gasteiger partial charge on any atom is -0.494 e. The molecule has 0 aliphatic heterocycles. The molecule has 0 atom stereocenters. The number of H-pyrrole nitrogens is 1. The first-order valence-electron chi connectivity index (χ1n) is 8.28. The van der Waals surface area contributed by atoms with Crippen LogP contribution in [0.5, 0.6) is 11.5 Å². The van der Waals surface area contributed by atoms with Crippen LogP contribution in [-0.4, -0.2) is 33.1 Å². The van der Waals surface area contributed by atoms with Crippen molar-refractivity contribution in [1.29, 1.82) is 0 Å². The van der Waals surface area contributed by atoms with Gasteiger partial charge < -0.3 is 14.5 Å². The summed E-state index contributed by atoms with van der Waals surface area (Å²) in [6.45, 7) is 5.16. The van der Waals surface area contributed by atoms with Crippen molar-refractivity contribution in [3.05, 3.63) is 42.9 Å². The smallest absolute Gasteiger partial charge is 0.161 e. The maximum Gasteiger partial charge on any atom is 0.161 e. The minimum absolute atomic E-state index is 0.573. The van der Waals surface area contributed by atoms with Gasteiger partial charge in [0.05, 0.1) is 25.0 Å². The van der Waals surface area contributed by atoms with Crippen LogP contribution < -0.4 is 9.47 Å². The van der Waals surface area contributed by atoms with Crippen molar-refractivity contribution in [1.82, 2.24) is 19.9 Å². The van der Waals surface area contributed by atoms with Crippen LogP contribution in [0.2, 0.25) is 0 Å². The average Bonchev–Trinajstić information content (AvgIpc) is 3.05. The standard InChI is InChI=1S/C19H18N4O2/c1-3-24-14-6-5-12-8-15(17(25-4-2)9-13(12)7-14)18-22-16-10-20-11-21-19(16)23-18/h5-11H,3-4H2,1-2H3,(H,20,21,22,23). The number of aromatic nitrogens is 4. The van der Waals surface area contributed by atoms with E-state index < -0.39 is 0 Å². The summed E-state index contributed by atoms with van der Waals surface area (Å²) in [7, 11) is 0. The van der Waals surface area contributed by atoms with Gasteiger partial charge in [0.15, 0.2) is 5.65 Å². The lowest BCUT2D eigenvalue weighted by atomic mass is 10.0. The summed E-state index contributed by atoms with van der Waals surface area (Å²) in [6, 6.07) is 10.1. The number of ether oxygens (including phenoxy) is 2. The number of fused-ring (bicyclic) bond motifs is 2. The highest BCUT2D eigenvalue weighted by atomic mass is 16.5. The third-order valence-electron chi connectivity index (χ3n) is 3.94. The van der Waals surface area contributed by atoms with Gasteiger partial charge in [-0.25, -0.2) is 15.0 Å². The van der Waals surface area contributed by atoms with Gasteiger partial charge in [-0.15, -0.1) is 0 Å². The summed E-state index contributed by atoms with van der Waals surface area (Å²) in [4.78, 5) is 16.1. The van der Waals surface area contributed by atoms with Gasteiger partial charge in [-0.1, -0.05) is 6.07 Å². The molecule has 0 radical (unpaired) electrons. The van der Waals surface area contributed by atoms with Crippen LogP contribution in [0.25, 0.3) is 33.3 Å². The van der Waals surface area contributed by atoms with Crippen LogP contribution in [0.3, 0.4) is 0 Å². The van der Waals surface area contributed by atoms with E-state index in [0.29, 0.717) is 18.9 Å². The quantitative estimate of drug-likeness (QED) is 0.598. The maximum absolute atomic E-state index is 5.86. The molecule has 0 amide bonds. The van der Waals surface area contributed by atoms with Crippen molar-refractivity contribution in [2.45, 2.75) is 13.8 Å². The Bertz CT molecular complexity index is 1010. The van der Waals surface area contributed by atoms with Gasteiger partial charge >= 0.3 is 0 Å². The van der Waals surface area contributed by atoms with Crippen LogP contribution in [-0.2, 0) is 0 Å². The monoisotopic (exact) mass is 334 g/mol. The summed E-state index contributed by atoms with van der Waals surface area (Å²) in [6.07, 6.45) is 3.20. The molecule has 1 N–H and O–H groups in total. The lowest BCUT2D eigenvalue weighted by Crippen LogP contribution is -1.96. The van der Waals surface area contributed by atoms with Crippen LogP contribution in [0.4, 0.5) is 0 Å². The molecule has 0 spiro atoms. The third kappa shape index (κ3) is 2.87. The van der Waals surface area contributed by atoms with Crippen molar-refractivity contribution >= 4 is 21.9 Å². The van der Waals surface area contributed by atoms with E-state index in [1.807, 2.05) is 38.1 Å². The van der Waals surface area contributed by atoms with E-state index in [9.17, 15) is 0 Å². The second kappa shape index (κ2) is 6.39. The van der Waals surface area contributed by atoms with Crippen molar-refractivity contribution in [2.75, 3.05) is 13.2 Å². The van der Waals surface area contributed by atoms with Crippen molar-refractivity contribution < 1.29 is 9.47 Å². The molecule has 0 saturated heterocycles. The van der Waals surface area contributed by atoms with Gasteiger partial charge in [0.2, 0.25) is 0 Å². The van der Waals surface area contributed by atoms with E-state index in [4.69, 9.17) is 9.47 Å². The fourth-order valence-electron chi connectivity index (χ4n) is 2.86. The van der Waals surface area contributed by atoms with E-state index in [0.717, 1.165) is 39.2 Å². The molecular formula is C19H18N4O2. The fourth-order valence-corrected chi connectivity index (χ4v) is 2.86. The van der Waals surface area contributed by atoms with E-state index in [1.165, 1.54) is 6.33 Å². The first kappa shape index (κ1) is 15.4. The number of aromatic amines is 1. The zero-order valence-corrected chi connectivity index (χ0v) is 14.1. The number of nitrogens with zero attached hydrogens (tertiary/aromatic N) is 3. The normalized spacial score (nSPS) is 11.1. The average molecular weight is 334 g/mol. The SMILES string of the molecule is CCOc1ccc2cc(-c3nc4cncnc4[nH]3)c(OCC)cc2c1. The minimum atomic E-state index is 0.573. The van der Waals surface area contributed by atoms with E-state index in [2.05, 4.69) is 26.0 Å². The van der Waals surface area contributed by atoms with Crippen LogP contribution >= 0.6 is 0 Å². The molecule has 25 heavy (non-hydrogen) atoms. The first-order chi connectivity index (χ1) is 12.3. The molecule has 6 nitrogen and oxygen atoms in total. The fraction of sp³-hybridized carbons (Fsp3) is 0.211. The van der Waals surface area contributed by atoms with Gasteiger partial charge in [0.1, 0.15) is 29.2 Å². The highest BCUT2D eigenvalue weighted by Crippen LogP contribution is 2.35. The van der Waals surface area contributed by atoms with Crippen LogP contribution in [0.15, 0.2) is 42.9 Å². The van der Waals surface area contributed by atoms with Gasteiger partial charge in [-0.05, 0) is 48.9 Å². The highest BCUT2D eigenvalue weighted by Gasteiger charge is 2.13. The molecule has 0 saturated carbocycles. The molecule has 2 aromatic carbocycles. The molecule has 2 aromatic heterocycles. The summed E-state index contributed by atoms with van der Waals surface area (Å²) < 4.78 is 11.5. The maximum atomic E-state index is 5.86. The molecule has 2 heterocycles. The Labute approximate surface area is 144 Å². The molecule has 0 unspecified atom stereocenters. The Kier molecular flexibility index (Phi) is 3.93. The van der Waals surface area contributed by atoms with Crippen molar-refractivity contribution in [3.8, 4) is 22.9 Å². The lowest BCUT2D eigenvalue weighted by Gasteiger charge is -2.11. The number of benzene rings is 2. The second-order valence-corrected chi connectivity index (χ2v) is 5.57. The Morgan fingerprint density at radius 2 is 1.88 bits per heavy atom. The molecule has 6 heteroatoms. The molecule has 0 fully saturated rings. The lowest BCUT2D eigenvalue weighted by molar-refractivity contribution is 0.340. The Morgan fingerprint density at radius 3 is 2.68 bits per heavy atom. The number of hydrogen-bond acceptors (Lipinski definition) is 5. The van der Waals surface area contributed by atoms with Crippen molar-refractivity contribution in [2.24, 2.45) is 0 Å². The van der Waals surface area contributed by atoms with Gasteiger partial charge in [0, 0.05) is 0 Å². The topological polar surface area (TPSA) is 72.9 Å². The molecule has 4 aromatic rings. The zero-order valence-electron chi connectivity index (χ0n) is 14.1. The highest BCUT2D eigenvalue weighted by molar-refractivity contribution is 5.91. The molecule has 0 aliphatic rings. The Hall–Kier alpha value is -3.15. The van der Waals surface area contributed by atoms with Crippen LogP contribution in [0.1, 0.15) is 13.8 Å². The Balaban J connectivity index is 1.88. The molecule has 4 rings (SSSR count). The van der Waals surface area contributed by atoms with E-state index in [1.54, 1.807) is 6.20 Å².